The van der Waals surface area contributed by atoms with E-state index in [0.717, 1.165) is 10.1 Å². The van der Waals surface area contributed by atoms with Gasteiger partial charge in [0.25, 0.3) is 0 Å². The van der Waals surface area contributed by atoms with Crippen molar-refractivity contribution in [2.75, 3.05) is 11.4 Å². The van der Waals surface area contributed by atoms with Gasteiger partial charge in [-0.15, -0.1) is 0 Å². The van der Waals surface area contributed by atoms with E-state index in [2.05, 4.69) is 9.97 Å². The van der Waals surface area contributed by atoms with E-state index in [1.54, 1.807) is 24.3 Å². The summed E-state index contributed by atoms with van der Waals surface area (Å²) in [5.41, 5.74) is 0.100. The van der Waals surface area contributed by atoms with Crippen molar-refractivity contribution in [3.8, 4) is 5.69 Å². The summed E-state index contributed by atoms with van der Waals surface area (Å²) in [6.07, 6.45) is 0. The van der Waals surface area contributed by atoms with Gasteiger partial charge in [0.05, 0.1) is 5.69 Å². The van der Waals surface area contributed by atoms with Crippen molar-refractivity contribution >= 4 is 41.4 Å². The van der Waals surface area contributed by atoms with Crippen molar-refractivity contribution in [2.45, 2.75) is 27.7 Å². The normalized spacial score (nSPS) is 10.4. The van der Waals surface area contributed by atoms with E-state index in [4.69, 9.17) is 0 Å². The number of H-pyrrole nitrogens is 1. The van der Waals surface area contributed by atoms with Gasteiger partial charge < -0.3 is 0 Å². The number of carbonyl (C=O) groups is 1. The monoisotopic (exact) mass is 340 g/mol. The molecule has 0 saturated carbocycles. The Labute approximate surface area is 162 Å². The number of carbonyl (C=O) groups excluding carboxylic acids is 1. The molecule has 0 unspecified atom stereocenters. The van der Waals surface area contributed by atoms with Crippen molar-refractivity contribution in [1.82, 2.24) is 14.5 Å². The third-order valence-electron chi connectivity index (χ3n) is 3.29. The SMILES string of the molecule is CC(=O)N(CC(C)C)c1nc(=O)n(-c2ccc(C)cc2)c(=O)[nH]1.[NaH]. The van der Waals surface area contributed by atoms with Gasteiger partial charge in [0, 0.05) is 13.5 Å². The Morgan fingerprint density at radius 2 is 1.83 bits per heavy atom. The third-order valence-corrected chi connectivity index (χ3v) is 3.29. The van der Waals surface area contributed by atoms with Crippen molar-refractivity contribution in [3.63, 3.8) is 0 Å². The first-order chi connectivity index (χ1) is 10.8. The van der Waals surface area contributed by atoms with E-state index in [0.29, 0.717) is 12.2 Å². The molecule has 1 N–H and O–H groups in total. The second kappa shape index (κ2) is 8.41. The van der Waals surface area contributed by atoms with E-state index in [9.17, 15) is 14.4 Å². The molecule has 1 heterocycles. The summed E-state index contributed by atoms with van der Waals surface area (Å²) in [7, 11) is 0. The number of aromatic nitrogens is 3. The van der Waals surface area contributed by atoms with Crippen molar-refractivity contribution in [1.29, 1.82) is 0 Å². The van der Waals surface area contributed by atoms with Crippen LogP contribution in [-0.2, 0) is 4.79 Å². The van der Waals surface area contributed by atoms with Gasteiger partial charge >= 0.3 is 40.9 Å². The number of anilines is 1. The summed E-state index contributed by atoms with van der Waals surface area (Å²) < 4.78 is 0.941. The van der Waals surface area contributed by atoms with Crippen LogP contribution in [0, 0.1) is 12.8 Å². The van der Waals surface area contributed by atoms with Crippen LogP contribution in [0.5, 0.6) is 0 Å². The zero-order valence-corrected chi connectivity index (χ0v) is 13.7. The number of amides is 1. The zero-order valence-electron chi connectivity index (χ0n) is 13.7. The van der Waals surface area contributed by atoms with Crippen molar-refractivity contribution in [3.05, 3.63) is 50.8 Å². The van der Waals surface area contributed by atoms with E-state index >= 15 is 0 Å². The van der Waals surface area contributed by atoms with E-state index < -0.39 is 11.4 Å². The van der Waals surface area contributed by atoms with E-state index in [1.807, 2.05) is 20.8 Å². The predicted molar refractivity (Wildman–Crippen MR) is 95.2 cm³/mol. The minimum atomic E-state index is -0.720. The van der Waals surface area contributed by atoms with Crippen LogP contribution in [-0.4, -0.2) is 56.5 Å². The fourth-order valence-electron chi connectivity index (χ4n) is 2.19. The molecule has 0 aliphatic rings. The number of benzene rings is 1. The van der Waals surface area contributed by atoms with Gasteiger partial charge in [-0.2, -0.15) is 4.98 Å². The molecule has 24 heavy (non-hydrogen) atoms. The molecule has 0 saturated heterocycles. The average molecular weight is 340 g/mol. The molecular formula is C16H21N4NaO3. The van der Waals surface area contributed by atoms with Crippen LogP contribution in [0.4, 0.5) is 5.95 Å². The summed E-state index contributed by atoms with van der Waals surface area (Å²) in [6.45, 7) is 7.51. The molecule has 0 spiro atoms. The summed E-state index contributed by atoms with van der Waals surface area (Å²) in [5, 5.41) is 0. The van der Waals surface area contributed by atoms with Gasteiger partial charge in [-0.05, 0) is 25.0 Å². The number of nitrogens with zero attached hydrogens (tertiary/aromatic N) is 3. The molecule has 7 nitrogen and oxygen atoms in total. The zero-order chi connectivity index (χ0) is 17.1. The second-order valence-electron chi connectivity index (χ2n) is 5.84. The summed E-state index contributed by atoms with van der Waals surface area (Å²) >= 11 is 0. The number of rotatable bonds is 4. The molecule has 0 atom stereocenters. The molecule has 124 valence electrons. The third kappa shape index (κ3) is 4.66. The number of hydrogen-bond acceptors (Lipinski definition) is 4. The van der Waals surface area contributed by atoms with Crippen LogP contribution in [0.2, 0.25) is 0 Å². The molecule has 1 aromatic heterocycles. The molecule has 1 amide bonds. The Morgan fingerprint density at radius 3 is 2.29 bits per heavy atom. The van der Waals surface area contributed by atoms with Crippen LogP contribution >= 0.6 is 0 Å². The molecule has 0 radical (unpaired) electrons. The van der Waals surface area contributed by atoms with Crippen LogP contribution in [0.15, 0.2) is 33.9 Å². The maximum atomic E-state index is 12.3. The topological polar surface area (TPSA) is 88.1 Å². The number of aromatic amines is 1. The van der Waals surface area contributed by atoms with Gasteiger partial charge in [0.1, 0.15) is 0 Å². The Morgan fingerprint density at radius 1 is 1.25 bits per heavy atom. The number of hydrogen-bond donors (Lipinski definition) is 1. The molecule has 2 aromatic rings. The number of nitrogens with one attached hydrogen (secondary N) is 1. The molecule has 8 heteroatoms. The standard InChI is InChI=1S/C16H20N4O3.Na.H/c1-10(2)9-19(12(4)21)14-17-15(22)20(16(23)18-14)13-7-5-11(3)6-8-13;;/h5-8,10H,9H2,1-4H3,(H,17,18,22,23);;. The predicted octanol–water partition coefficient (Wildman–Crippen LogP) is 0.590. The van der Waals surface area contributed by atoms with Crippen molar-refractivity contribution in [2.24, 2.45) is 5.92 Å². The first-order valence-electron chi connectivity index (χ1n) is 7.38. The first kappa shape index (κ1) is 20.3. The van der Waals surface area contributed by atoms with Gasteiger partial charge in [-0.3, -0.25) is 14.7 Å². The van der Waals surface area contributed by atoms with Crippen LogP contribution < -0.4 is 16.3 Å². The molecule has 0 aliphatic heterocycles. The Bertz CT molecular complexity index is 793. The molecule has 0 aliphatic carbocycles. The molecule has 0 fully saturated rings. The fourth-order valence-corrected chi connectivity index (χ4v) is 2.19. The summed E-state index contributed by atoms with van der Waals surface area (Å²) in [6, 6.07) is 6.94. The van der Waals surface area contributed by atoms with Gasteiger partial charge in [0.15, 0.2) is 0 Å². The summed E-state index contributed by atoms with van der Waals surface area (Å²) in [5.74, 6) is -0.136. The first-order valence-corrected chi connectivity index (χ1v) is 7.38. The van der Waals surface area contributed by atoms with Gasteiger partial charge in [0.2, 0.25) is 11.9 Å². The molecule has 2 rings (SSSR count). The Kier molecular flexibility index (Phi) is 7.13. The second-order valence-corrected chi connectivity index (χ2v) is 5.84. The molecule has 0 bridgehead atoms. The quantitative estimate of drug-likeness (QED) is 0.825. The fraction of sp³-hybridized carbons (Fsp3) is 0.375. The number of aryl methyl sites for hydroxylation is 1. The summed E-state index contributed by atoms with van der Waals surface area (Å²) in [4.78, 5) is 44.0. The Balaban J connectivity index is 0.00000288. The molecular weight excluding hydrogens is 319 g/mol. The van der Waals surface area contributed by atoms with E-state index in [1.165, 1.54) is 11.8 Å². The van der Waals surface area contributed by atoms with Crippen molar-refractivity contribution < 1.29 is 4.79 Å². The Hall–Kier alpha value is -1.70. The van der Waals surface area contributed by atoms with Crippen LogP contribution in [0.3, 0.4) is 0 Å². The van der Waals surface area contributed by atoms with Crippen LogP contribution in [0.25, 0.3) is 5.69 Å². The molecule has 1 aromatic carbocycles. The van der Waals surface area contributed by atoms with Gasteiger partial charge in [-0.25, -0.2) is 14.2 Å². The average Bonchev–Trinajstić information content (AvgIpc) is 2.45. The van der Waals surface area contributed by atoms with Crippen LogP contribution in [0.1, 0.15) is 26.3 Å². The van der Waals surface area contributed by atoms with Gasteiger partial charge in [-0.1, -0.05) is 31.5 Å². The maximum absolute atomic E-state index is 12.3. The van der Waals surface area contributed by atoms with E-state index in [-0.39, 0.29) is 47.3 Å². The minimum absolute atomic E-state index is 0.